The van der Waals surface area contributed by atoms with E-state index in [1.54, 1.807) is 7.11 Å². The number of benzene rings is 1. The number of carbonyl (C=O) groups is 2. The molecule has 3 atom stereocenters. The quantitative estimate of drug-likeness (QED) is 0.388. The van der Waals surface area contributed by atoms with Gasteiger partial charge in [0.15, 0.2) is 0 Å². The Morgan fingerprint density at radius 1 is 0.975 bits per heavy atom. The molecule has 0 bridgehead atoms. The molecule has 2 amide bonds. The van der Waals surface area contributed by atoms with Gasteiger partial charge in [-0.3, -0.25) is 14.5 Å². The number of likely N-dealkylation sites (tertiary alicyclic amines) is 2. The summed E-state index contributed by atoms with van der Waals surface area (Å²) < 4.78 is 5.46. The molecule has 3 fully saturated rings. The van der Waals surface area contributed by atoms with E-state index in [2.05, 4.69) is 61.5 Å². The second-order valence-electron chi connectivity index (χ2n) is 15.0. The smallest absolute Gasteiger partial charge is 0.231 e. The van der Waals surface area contributed by atoms with Crippen LogP contribution in [0.3, 0.4) is 0 Å². The summed E-state index contributed by atoms with van der Waals surface area (Å²) in [5.74, 6) is 0.408. The van der Waals surface area contributed by atoms with E-state index < -0.39 is 5.41 Å². The summed E-state index contributed by atoms with van der Waals surface area (Å²) in [7, 11) is 1.66. The largest absolute Gasteiger partial charge is 0.384 e. The van der Waals surface area contributed by atoms with Crippen LogP contribution in [0.5, 0.6) is 0 Å². The van der Waals surface area contributed by atoms with Gasteiger partial charge in [0.2, 0.25) is 11.8 Å². The molecular formula is C33H52ClN3O3. The van der Waals surface area contributed by atoms with E-state index in [9.17, 15) is 9.59 Å². The van der Waals surface area contributed by atoms with E-state index in [4.69, 9.17) is 16.3 Å². The third-order valence-corrected chi connectivity index (χ3v) is 10.0. The fraction of sp³-hybridized carbons (Fsp3) is 0.758. The highest BCUT2D eigenvalue weighted by atomic mass is 35.5. The van der Waals surface area contributed by atoms with Crippen molar-refractivity contribution in [2.45, 2.75) is 104 Å². The molecule has 2 heterocycles. The number of methoxy groups -OCH3 is 1. The predicted octanol–water partition coefficient (Wildman–Crippen LogP) is 6.22. The van der Waals surface area contributed by atoms with E-state index in [-0.39, 0.29) is 41.3 Å². The maximum absolute atomic E-state index is 14.2. The molecule has 1 unspecified atom stereocenters. The van der Waals surface area contributed by atoms with Gasteiger partial charge in [-0.2, -0.15) is 0 Å². The normalized spacial score (nSPS) is 26.3. The lowest BCUT2D eigenvalue weighted by Crippen LogP contribution is -2.55. The van der Waals surface area contributed by atoms with Crippen LogP contribution in [0.1, 0.15) is 92.1 Å². The maximum Gasteiger partial charge on any atom is 0.231 e. The number of rotatable bonds is 7. The molecule has 2 aliphatic heterocycles. The van der Waals surface area contributed by atoms with Crippen molar-refractivity contribution >= 4 is 23.4 Å². The van der Waals surface area contributed by atoms with Crippen LogP contribution in [0.25, 0.3) is 0 Å². The zero-order valence-electron chi connectivity index (χ0n) is 26.1. The van der Waals surface area contributed by atoms with Gasteiger partial charge < -0.3 is 14.5 Å². The van der Waals surface area contributed by atoms with Crippen LogP contribution in [0.4, 0.5) is 0 Å². The van der Waals surface area contributed by atoms with Crippen LogP contribution < -0.4 is 0 Å². The summed E-state index contributed by atoms with van der Waals surface area (Å²) >= 11 is 6.20. The Kier molecular flexibility index (Phi) is 9.34. The Morgan fingerprint density at radius 2 is 1.60 bits per heavy atom. The van der Waals surface area contributed by atoms with Crippen LogP contribution in [0.15, 0.2) is 24.3 Å². The minimum Gasteiger partial charge on any atom is -0.384 e. The molecule has 1 aromatic rings. The molecule has 4 rings (SSSR count). The first-order valence-corrected chi connectivity index (χ1v) is 15.6. The summed E-state index contributed by atoms with van der Waals surface area (Å²) in [5.41, 5.74) is 0.881. The monoisotopic (exact) mass is 573 g/mol. The first-order chi connectivity index (χ1) is 18.6. The van der Waals surface area contributed by atoms with Gasteiger partial charge in [-0.25, -0.2) is 0 Å². The minimum atomic E-state index is -0.600. The molecule has 0 spiro atoms. The first kappa shape index (κ1) is 31.3. The van der Waals surface area contributed by atoms with Crippen LogP contribution in [0.2, 0.25) is 5.02 Å². The van der Waals surface area contributed by atoms with Crippen LogP contribution >= 0.6 is 11.6 Å². The summed E-state index contributed by atoms with van der Waals surface area (Å²) in [6, 6.07) is 8.29. The molecular weight excluding hydrogens is 522 g/mol. The average Bonchev–Trinajstić information content (AvgIpc) is 3.53. The van der Waals surface area contributed by atoms with Crippen LogP contribution in [-0.4, -0.2) is 84.0 Å². The lowest BCUT2D eigenvalue weighted by molar-refractivity contribution is -0.150. The average molecular weight is 574 g/mol. The number of amides is 2. The second kappa shape index (κ2) is 11.9. The third-order valence-electron chi connectivity index (χ3n) is 9.77. The van der Waals surface area contributed by atoms with Crippen molar-refractivity contribution in [2.75, 3.05) is 39.9 Å². The number of halogens is 1. The molecule has 224 valence electrons. The Hall–Kier alpha value is -1.63. The number of carbonyl (C=O) groups excluding carboxylic acids is 2. The first-order valence-electron chi connectivity index (χ1n) is 15.2. The molecule has 0 radical (unpaired) electrons. The fourth-order valence-corrected chi connectivity index (χ4v) is 7.24. The number of hydrogen-bond acceptors (Lipinski definition) is 4. The van der Waals surface area contributed by atoms with Gasteiger partial charge in [-0.1, -0.05) is 37.6 Å². The Bertz CT molecular complexity index is 1040. The van der Waals surface area contributed by atoms with Crippen LogP contribution in [-0.2, 0) is 14.3 Å². The third kappa shape index (κ3) is 6.87. The van der Waals surface area contributed by atoms with Crippen molar-refractivity contribution in [1.29, 1.82) is 0 Å². The van der Waals surface area contributed by atoms with E-state index in [0.717, 1.165) is 45.2 Å². The topological polar surface area (TPSA) is 53.1 Å². The van der Waals surface area contributed by atoms with Gasteiger partial charge in [-0.05, 0) is 89.8 Å². The zero-order chi connectivity index (χ0) is 29.5. The van der Waals surface area contributed by atoms with Crippen molar-refractivity contribution < 1.29 is 14.3 Å². The van der Waals surface area contributed by atoms with E-state index in [1.807, 2.05) is 26.0 Å². The lowest BCUT2D eigenvalue weighted by Gasteiger charge is -2.45. The molecule has 2 saturated heterocycles. The van der Waals surface area contributed by atoms with Gasteiger partial charge in [0.25, 0.3) is 0 Å². The number of hydrogen-bond donors (Lipinski definition) is 0. The van der Waals surface area contributed by atoms with Crippen molar-refractivity contribution in [3.63, 3.8) is 0 Å². The second-order valence-corrected chi connectivity index (χ2v) is 15.4. The molecule has 0 N–H and O–H groups in total. The predicted molar refractivity (Wildman–Crippen MR) is 163 cm³/mol. The van der Waals surface area contributed by atoms with E-state index >= 15 is 0 Å². The number of nitrogens with zero attached hydrogens (tertiary/aromatic N) is 3. The van der Waals surface area contributed by atoms with Gasteiger partial charge in [0, 0.05) is 55.8 Å². The Morgan fingerprint density at radius 3 is 2.17 bits per heavy atom. The zero-order valence-corrected chi connectivity index (χ0v) is 26.9. The van der Waals surface area contributed by atoms with Crippen molar-refractivity contribution in [2.24, 2.45) is 16.7 Å². The van der Waals surface area contributed by atoms with Gasteiger partial charge >= 0.3 is 0 Å². The van der Waals surface area contributed by atoms with E-state index in [1.165, 1.54) is 5.56 Å². The highest BCUT2D eigenvalue weighted by Crippen LogP contribution is 2.41. The van der Waals surface area contributed by atoms with Crippen LogP contribution in [0, 0.1) is 16.7 Å². The summed E-state index contributed by atoms with van der Waals surface area (Å²) in [6.45, 7) is 18.6. The molecule has 1 aliphatic carbocycles. The minimum absolute atomic E-state index is 0.0157. The lowest BCUT2D eigenvalue weighted by atomic mass is 9.74. The summed E-state index contributed by atoms with van der Waals surface area (Å²) in [5, 5.41) is 0.715. The molecule has 1 aromatic carbocycles. The molecule has 3 aliphatic rings. The maximum atomic E-state index is 14.2. The SMILES string of the molecule is COCC(C)(C)C(=O)N(C1CCC(C)(C)CC1)[C@H]1CCN(C(=O)C2CN(C(C)(C)C)C[C@@H]2c2ccc(Cl)cc2)C1. The highest BCUT2D eigenvalue weighted by Gasteiger charge is 2.47. The van der Waals surface area contributed by atoms with Gasteiger partial charge in [-0.15, -0.1) is 0 Å². The number of ether oxygens (including phenoxy) is 1. The van der Waals surface area contributed by atoms with E-state index in [0.29, 0.717) is 30.1 Å². The summed E-state index contributed by atoms with van der Waals surface area (Å²) in [6.07, 6.45) is 5.12. The Labute approximate surface area is 247 Å². The standard InChI is InChI=1S/C33H52ClN3O3/c1-31(2,3)36-20-27(23-9-11-24(34)12-10-23)28(21-36)29(38)35-18-15-26(19-35)37(30(39)33(6,7)22-40-8)25-13-16-32(4,5)17-14-25/h9-12,25-28H,13-22H2,1-8H3/t26-,27+,28?/m0/s1. The molecule has 1 saturated carbocycles. The molecule has 6 nitrogen and oxygen atoms in total. The molecule has 40 heavy (non-hydrogen) atoms. The highest BCUT2D eigenvalue weighted by molar-refractivity contribution is 6.30. The fourth-order valence-electron chi connectivity index (χ4n) is 7.12. The van der Waals surface area contributed by atoms with Crippen molar-refractivity contribution in [3.05, 3.63) is 34.9 Å². The molecule has 7 heteroatoms. The summed E-state index contributed by atoms with van der Waals surface area (Å²) in [4.78, 5) is 35.0. The molecule has 0 aromatic heterocycles. The van der Waals surface area contributed by atoms with Crippen molar-refractivity contribution in [3.8, 4) is 0 Å². The van der Waals surface area contributed by atoms with Gasteiger partial charge in [0.05, 0.1) is 24.0 Å². The van der Waals surface area contributed by atoms with Crippen molar-refractivity contribution in [1.82, 2.24) is 14.7 Å². The van der Waals surface area contributed by atoms with Gasteiger partial charge in [0.1, 0.15) is 0 Å². The Balaban J connectivity index is 1.55.